The molecule has 2 amide bonds. The van der Waals surface area contributed by atoms with Crippen molar-refractivity contribution in [3.63, 3.8) is 0 Å². The van der Waals surface area contributed by atoms with Gasteiger partial charge < -0.3 is 24.8 Å². The molecule has 0 unspecified atom stereocenters. The molecule has 3 heterocycles. The van der Waals surface area contributed by atoms with Crippen LogP contribution in [0.1, 0.15) is 84.3 Å². The van der Waals surface area contributed by atoms with Crippen LogP contribution in [0.3, 0.4) is 0 Å². The lowest BCUT2D eigenvalue weighted by Crippen LogP contribution is -2.48. The van der Waals surface area contributed by atoms with Gasteiger partial charge in [0.2, 0.25) is 5.91 Å². The number of benzene rings is 2. The van der Waals surface area contributed by atoms with E-state index in [2.05, 4.69) is 64.3 Å². The third-order valence-corrected chi connectivity index (χ3v) is 9.99. The van der Waals surface area contributed by atoms with Crippen molar-refractivity contribution in [2.24, 2.45) is 0 Å². The molecule has 0 spiro atoms. The SMILES string of the molecule is CCCCC(=O)N1CCN(Cc2ccc(-c3cc(C(=O)NCc4c(C)cc(C)[nH]c4=O)c(C)c(N(CC)C4CCOCC4)c3)cc2)CC1. The Bertz CT molecular complexity index is 1620. The van der Waals surface area contributed by atoms with E-state index < -0.39 is 0 Å². The number of pyridine rings is 1. The summed E-state index contributed by atoms with van der Waals surface area (Å²) in [5.74, 6) is 0.0886. The average Bonchev–Trinajstić information content (AvgIpc) is 3.09. The minimum atomic E-state index is -0.193. The standard InChI is InChI=1S/C39H53N5O4/c1-6-8-9-37(45)43-18-16-42(17-19-43)26-30-10-12-31(13-11-30)32-23-34(38(46)40-25-35-27(3)22-28(4)41-39(35)47)29(5)36(24-32)44(7-2)33-14-20-48-21-15-33/h10-13,22-24,33H,6-9,14-21,25-26H2,1-5H3,(H,40,46)(H,41,47). The number of nitrogens with one attached hydrogen (secondary N) is 2. The lowest BCUT2D eigenvalue weighted by atomic mass is 9.94. The quantitative estimate of drug-likeness (QED) is 0.259. The molecule has 0 aliphatic carbocycles. The smallest absolute Gasteiger partial charge is 0.253 e. The number of hydrogen-bond acceptors (Lipinski definition) is 6. The number of aromatic nitrogens is 1. The topological polar surface area (TPSA) is 98.0 Å². The number of anilines is 1. The van der Waals surface area contributed by atoms with Crippen LogP contribution in [0.2, 0.25) is 0 Å². The number of aryl methyl sites for hydroxylation is 2. The fourth-order valence-electron chi connectivity index (χ4n) is 7.09. The molecule has 1 aromatic heterocycles. The molecule has 48 heavy (non-hydrogen) atoms. The van der Waals surface area contributed by atoms with Gasteiger partial charge >= 0.3 is 0 Å². The molecule has 9 heteroatoms. The normalized spacial score (nSPS) is 15.8. The number of ether oxygens (including phenoxy) is 1. The van der Waals surface area contributed by atoms with Crippen LogP contribution in [0.25, 0.3) is 11.1 Å². The fraction of sp³-hybridized carbons (Fsp3) is 0.513. The van der Waals surface area contributed by atoms with E-state index in [1.165, 1.54) is 5.56 Å². The maximum absolute atomic E-state index is 13.9. The zero-order valence-electron chi connectivity index (χ0n) is 29.5. The molecular weight excluding hydrogens is 602 g/mol. The summed E-state index contributed by atoms with van der Waals surface area (Å²) >= 11 is 0. The number of aromatic amines is 1. The summed E-state index contributed by atoms with van der Waals surface area (Å²) in [5.41, 5.74) is 7.94. The number of carbonyl (C=O) groups excluding carboxylic acids is 2. The van der Waals surface area contributed by atoms with Gasteiger partial charge in [-0.05, 0) is 93.0 Å². The highest BCUT2D eigenvalue weighted by atomic mass is 16.5. The molecule has 2 saturated heterocycles. The van der Waals surface area contributed by atoms with E-state index in [9.17, 15) is 14.4 Å². The molecular formula is C39H53N5O4. The summed E-state index contributed by atoms with van der Waals surface area (Å²) in [6.45, 7) is 16.7. The molecule has 0 bridgehead atoms. The van der Waals surface area contributed by atoms with Gasteiger partial charge in [-0.2, -0.15) is 0 Å². The highest BCUT2D eigenvalue weighted by Gasteiger charge is 2.25. The summed E-state index contributed by atoms with van der Waals surface area (Å²) in [4.78, 5) is 48.7. The van der Waals surface area contributed by atoms with Crippen LogP contribution in [-0.2, 0) is 22.6 Å². The Labute approximate surface area is 285 Å². The first-order valence-corrected chi connectivity index (χ1v) is 17.7. The van der Waals surface area contributed by atoms with Crippen LogP contribution in [0.4, 0.5) is 5.69 Å². The fourth-order valence-corrected chi connectivity index (χ4v) is 7.09. The second-order valence-corrected chi connectivity index (χ2v) is 13.4. The molecule has 2 aliphatic heterocycles. The Morgan fingerprint density at radius 3 is 2.31 bits per heavy atom. The summed E-state index contributed by atoms with van der Waals surface area (Å²) in [5, 5.41) is 3.05. The molecule has 9 nitrogen and oxygen atoms in total. The van der Waals surface area contributed by atoms with Gasteiger partial charge in [-0.25, -0.2) is 0 Å². The number of unbranched alkanes of at least 4 members (excludes halogenated alkanes) is 1. The van der Waals surface area contributed by atoms with E-state index in [1.807, 2.05) is 37.8 Å². The maximum Gasteiger partial charge on any atom is 0.253 e. The first-order chi connectivity index (χ1) is 23.2. The average molecular weight is 656 g/mol. The first-order valence-electron chi connectivity index (χ1n) is 17.7. The van der Waals surface area contributed by atoms with Crippen molar-refractivity contribution in [3.05, 3.63) is 86.3 Å². The molecule has 3 aromatic rings. The molecule has 2 fully saturated rings. The van der Waals surface area contributed by atoms with Crippen molar-refractivity contribution >= 4 is 17.5 Å². The van der Waals surface area contributed by atoms with E-state index in [-0.39, 0.29) is 23.9 Å². The zero-order chi connectivity index (χ0) is 34.2. The Hall–Kier alpha value is -3.95. The van der Waals surface area contributed by atoms with Crippen LogP contribution < -0.4 is 15.8 Å². The van der Waals surface area contributed by atoms with E-state index in [0.29, 0.717) is 23.6 Å². The molecule has 0 atom stereocenters. The maximum atomic E-state index is 13.9. The summed E-state index contributed by atoms with van der Waals surface area (Å²) in [6.07, 6.45) is 4.55. The molecule has 0 radical (unpaired) electrons. The third kappa shape index (κ3) is 8.55. The van der Waals surface area contributed by atoms with Crippen molar-refractivity contribution in [1.82, 2.24) is 20.1 Å². The number of H-pyrrole nitrogens is 1. The van der Waals surface area contributed by atoms with Crippen molar-refractivity contribution in [1.29, 1.82) is 0 Å². The highest BCUT2D eigenvalue weighted by molar-refractivity contribution is 5.99. The minimum Gasteiger partial charge on any atom is -0.381 e. The summed E-state index contributed by atoms with van der Waals surface area (Å²) < 4.78 is 5.67. The van der Waals surface area contributed by atoms with E-state index >= 15 is 0 Å². The second-order valence-electron chi connectivity index (χ2n) is 13.4. The van der Waals surface area contributed by atoms with E-state index in [1.54, 1.807) is 0 Å². The van der Waals surface area contributed by atoms with Gasteiger partial charge in [-0.1, -0.05) is 37.6 Å². The Morgan fingerprint density at radius 1 is 0.958 bits per heavy atom. The van der Waals surface area contributed by atoms with Crippen molar-refractivity contribution in [2.75, 3.05) is 50.8 Å². The minimum absolute atomic E-state index is 0.159. The van der Waals surface area contributed by atoms with Gasteiger partial charge in [0.05, 0.1) is 0 Å². The molecule has 2 aromatic carbocycles. The van der Waals surface area contributed by atoms with Gasteiger partial charge in [0, 0.05) is 94.0 Å². The number of amides is 2. The van der Waals surface area contributed by atoms with Crippen LogP contribution in [0.5, 0.6) is 0 Å². The number of piperazine rings is 1. The largest absolute Gasteiger partial charge is 0.381 e. The number of hydrogen-bond donors (Lipinski definition) is 2. The van der Waals surface area contributed by atoms with Crippen LogP contribution >= 0.6 is 0 Å². The van der Waals surface area contributed by atoms with E-state index in [4.69, 9.17) is 4.74 Å². The summed E-state index contributed by atoms with van der Waals surface area (Å²) in [6, 6.07) is 15.1. The van der Waals surface area contributed by atoms with Crippen LogP contribution in [0.15, 0.2) is 47.3 Å². The van der Waals surface area contributed by atoms with Gasteiger partial charge in [-0.3, -0.25) is 19.3 Å². The van der Waals surface area contributed by atoms with E-state index in [0.717, 1.165) is 112 Å². The van der Waals surface area contributed by atoms with Gasteiger partial charge in [0.1, 0.15) is 0 Å². The monoisotopic (exact) mass is 655 g/mol. The van der Waals surface area contributed by atoms with Crippen LogP contribution in [-0.4, -0.2) is 78.6 Å². The Kier molecular flexibility index (Phi) is 12.1. The highest BCUT2D eigenvalue weighted by Crippen LogP contribution is 2.34. The number of rotatable bonds is 12. The predicted molar refractivity (Wildman–Crippen MR) is 193 cm³/mol. The zero-order valence-corrected chi connectivity index (χ0v) is 29.5. The number of carbonyl (C=O) groups is 2. The lowest BCUT2D eigenvalue weighted by Gasteiger charge is -2.37. The van der Waals surface area contributed by atoms with Crippen molar-refractivity contribution < 1.29 is 14.3 Å². The van der Waals surface area contributed by atoms with Crippen LogP contribution in [0, 0.1) is 20.8 Å². The van der Waals surface area contributed by atoms with Gasteiger partial charge in [0.15, 0.2) is 0 Å². The molecule has 258 valence electrons. The van der Waals surface area contributed by atoms with Gasteiger partial charge in [0.25, 0.3) is 11.5 Å². The second kappa shape index (κ2) is 16.4. The molecule has 2 N–H and O–H groups in total. The molecule has 0 saturated carbocycles. The van der Waals surface area contributed by atoms with Crippen molar-refractivity contribution in [2.45, 2.75) is 85.9 Å². The lowest BCUT2D eigenvalue weighted by molar-refractivity contribution is -0.133. The third-order valence-electron chi connectivity index (χ3n) is 9.99. The molecule has 2 aliphatic rings. The molecule has 5 rings (SSSR count). The summed E-state index contributed by atoms with van der Waals surface area (Å²) in [7, 11) is 0. The first kappa shape index (κ1) is 35.4. The Morgan fingerprint density at radius 2 is 1.67 bits per heavy atom. The van der Waals surface area contributed by atoms with Crippen molar-refractivity contribution in [3.8, 4) is 11.1 Å². The predicted octanol–water partition coefficient (Wildman–Crippen LogP) is 5.74. The van der Waals surface area contributed by atoms with Gasteiger partial charge in [-0.15, -0.1) is 0 Å². The number of nitrogens with zero attached hydrogens (tertiary/aromatic N) is 3. The Balaban J connectivity index is 1.37.